The number of thiocarbonyl (C=S) groups is 1. The fourth-order valence-corrected chi connectivity index (χ4v) is 2.21. The van der Waals surface area contributed by atoms with Crippen LogP contribution in [0.3, 0.4) is 0 Å². The van der Waals surface area contributed by atoms with Crippen LogP contribution < -0.4 is 15.4 Å². The van der Waals surface area contributed by atoms with E-state index in [2.05, 4.69) is 15.6 Å². The van der Waals surface area contributed by atoms with E-state index >= 15 is 0 Å². The molecule has 0 bridgehead atoms. The van der Waals surface area contributed by atoms with Crippen LogP contribution >= 0.6 is 12.2 Å². The molecule has 0 unspecified atom stereocenters. The van der Waals surface area contributed by atoms with Gasteiger partial charge in [0.2, 0.25) is 5.88 Å². The number of furan rings is 1. The van der Waals surface area contributed by atoms with Gasteiger partial charge in [0.15, 0.2) is 10.9 Å². The van der Waals surface area contributed by atoms with Gasteiger partial charge >= 0.3 is 0 Å². The number of hydrogen-bond donors (Lipinski definition) is 2. The van der Waals surface area contributed by atoms with Crippen LogP contribution in [-0.2, 0) is 0 Å². The zero-order valence-electron chi connectivity index (χ0n) is 13.6. The average Bonchev–Trinajstić information content (AvgIpc) is 3.18. The fraction of sp³-hybridized carbons (Fsp3) is 0. The van der Waals surface area contributed by atoms with Crippen molar-refractivity contribution in [3.05, 3.63) is 76.9 Å². The predicted octanol–water partition coefficient (Wildman–Crippen LogP) is 3.50. The third-order valence-corrected chi connectivity index (χ3v) is 3.44. The van der Waals surface area contributed by atoms with Crippen LogP contribution in [0.4, 0.5) is 11.4 Å². The van der Waals surface area contributed by atoms with E-state index in [0.717, 1.165) is 6.20 Å². The molecule has 2 heterocycles. The number of nitrogens with zero attached hydrogens (tertiary/aromatic N) is 2. The van der Waals surface area contributed by atoms with Crippen LogP contribution in [0.5, 0.6) is 11.6 Å². The molecule has 3 rings (SSSR count). The van der Waals surface area contributed by atoms with Crippen LogP contribution in [-0.4, -0.2) is 20.9 Å². The summed E-state index contributed by atoms with van der Waals surface area (Å²) in [6.07, 6.45) is 2.51. The SMILES string of the molecule is O=C(NC(=S)Nc1ccc(Oc2ccc([N+](=O)[O-])cn2)cc1)c1ccco1. The van der Waals surface area contributed by atoms with Crippen LogP contribution in [0, 0.1) is 10.1 Å². The molecular formula is C17H12N4O5S. The van der Waals surface area contributed by atoms with Crippen molar-refractivity contribution < 1.29 is 18.9 Å². The lowest BCUT2D eigenvalue weighted by Crippen LogP contribution is -2.33. The van der Waals surface area contributed by atoms with Gasteiger partial charge in [-0.1, -0.05) is 0 Å². The summed E-state index contributed by atoms with van der Waals surface area (Å²) in [4.78, 5) is 25.8. The highest BCUT2D eigenvalue weighted by Gasteiger charge is 2.10. The van der Waals surface area contributed by atoms with Crippen LogP contribution in [0.25, 0.3) is 0 Å². The summed E-state index contributed by atoms with van der Waals surface area (Å²) in [7, 11) is 0. The first kappa shape index (κ1) is 18.0. The van der Waals surface area contributed by atoms with Crippen LogP contribution in [0.1, 0.15) is 10.6 Å². The summed E-state index contributed by atoms with van der Waals surface area (Å²) in [5, 5.41) is 16.1. The Bertz CT molecular complexity index is 956. The Balaban J connectivity index is 1.56. The number of amides is 1. The standard InChI is InChI=1S/C17H12N4O5S/c22-16(14-2-1-9-25-14)20-17(27)19-11-3-6-13(7-4-11)26-15-8-5-12(10-18-15)21(23)24/h1-10H,(H2,19,20,22,27). The number of rotatable bonds is 5. The Kier molecular flexibility index (Phi) is 5.38. The van der Waals surface area contributed by atoms with Gasteiger partial charge in [-0.2, -0.15) is 0 Å². The van der Waals surface area contributed by atoms with Crippen molar-refractivity contribution in [3.8, 4) is 11.6 Å². The maximum atomic E-state index is 11.8. The zero-order chi connectivity index (χ0) is 19.2. The molecule has 0 saturated carbocycles. The first-order valence-electron chi connectivity index (χ1n) is 7.55. The molecule has 0 radical (unpaired) electrons. The van der Waals surface area contributed by atoms with Gasteiger partial charge in [0.05, 0.1) is 11.2 Å². The van der Waals surface area contributed by atoms with Gasteiger partial charge in [-0.05, 0) is 48.6 Å². The molecule has 2 N–H and O–H groups in total. The third kappa shape index (κ3) is 4.86. The van der Waals surface area contributed by atoms with Crippen molar-refractivity contribution in [2.24, 2.45) is 0 Å². The minimum atomic E-state index is -0.537. The van der Waals surface area contributed by atoms with Crippen molar-refractivity contribution in [2.45, 2.75) is 0 Å². The molecule has 1 amide bonds. The highest BCUT2D eigenvalue weighted by atomic mass is 32.1. The molecule has 0 aliphatic heterocycles. The smallest absolute Gasteiger partial charge is 0.293 e. The molecule has 0 spiro atoms. The van der Waals surface area contributed by atoms with Crippen molar-refractivity contribution in [2.75, 3.05) is 5.32 Å². The first-order valence-corrected chi connectivity index (χ1v) is 7.96. The molecule has 136 valence electrons. The number of anilines is 1. The molecule has 0 aliphatic rings. The number of ether oxygens (including phenoxy) is 1. The molecule has 9 nitrogen and oxygen atoms in total. The van der Waals surface area contributed by atoms with E-state index in [1.165, 1.54) is 24.5 Å². The van der Waals surface area contributed by atoms with E-state index in [-0.39, 0.29) is 22.4 Å². The highest BCUT2D eigenvalue weighted by Crippen LogP contribution is 2.22. The maximum absolute atomic E-state index is 11.8. The number of carbonyl (C=O) groups is 1. The number of aromatic nitrogens is 1. The Morgan fingerprint density at radius 2 is 1.96 bits per heavy atom. The van der Waals surface area contributed by atoms with Crippen LogP contribution in [0.2, 0.25) is 0 Å². The molecule has 0 aliphatic carbocycles. The van der Waals surface area contributed by atoms with Gasteiger partial charge in [0.1, 0.15) is 11.9 Å². The van der Waals surface area contributed by atoms with E-state index in [0.29, 0.717) is 11.4 Å². The monoisotopic (exact) mass is 384 g/mol. The third-order valence-electron chi connectivity index (χ3n) is 3.24. The summed E-state index contributed by atoms with van der Waals surface area (Å²) in [5.74, 6) is 0.398. The lowest BCUT2D eigenvalue weighted by molar-refractivity contribution is -0.385. The highest BCUT2D eigenvalue weighted by molar-refractivity contribution is 7.80. The Morgan fingerprint density at radius 3 is 2.56 bits per heavy atom. The summed E-state index contributed by atoms with van der Waals surface area (Å²) >= 11 is 5.08. The van der Waals surface area contributed by atoms with Crippen LogP contribution in [0.15, 0.2) is 65.4 Å². The summed E-state index contributed by atoms with van der Waals surface area (Å²) in [6, 6.07) is 12.5. The molecule has 0 atom stereocenters. The van der Waals surface area contributed by atoms with Gasteiger partial charge in [0.25, 0.3) is 11.6 Å². The second-order valence-electron chi connectivity index (χ2n) is 5.12. The molecule has 0 fully saturated rings. The molecule has 27 heavy (non-hydrogen) atoms. The van der Waals surface area contributed by atoms with E-state index in [9.17, 15) is 14.9 Å². The Hall–Kier alpha value is -3.79. The van der Waals surface area contributed by atoms with Crippen molar-refractivity contribution in [1.29, 1.82) is 0 Å². The van der Waals surface area contributed by atoms with Gasteiger partial charge in [0, 0.05) is 17.8 Å². The molecular weight excluding hydrogens is 372 g/mol. The lowest BCUT2D eigenvalue weighted by Gasteiger charge is -2.09. The summed E-state index contributed by atoms with van der Waals surface area (Å²) in [5.41, 5.74) is 0.510. The maximum Gasteiger partial charge on any atom is 0.293 e. The van der Waals surface area contributed by atoms with E-state index in [1.807, 2.05) is 0 Å². The van der Waals surface area contributed by atoms with Gasteiger partial charge in [-0.25, -0.2) is 4.98 Å². The first-order chi connectivity index (χ1) is 13.0. The number of benzene rings is 1. The Morgan fingerprint density at radius 1 is 1.19 bits per heavy atom. The van der Waals surface area contributed by atoms with Gasteiger partial charge in [-0.15, -0.1) is 0 Å². The molecule has 10 heteroatoms. The normalized spacial score (nSPS) is 10.1. The van der Waals surface area contributed by atoms with E-state index in [4.69, 9.17) is 21.4 Å². The van der Waals surface area contributed by atoms with Gasteiger partial charge < -0.3 is 14.5 Å². The molecule has 2 aromatic heterocycles. The number of pyridine rings is 1. The topological polar surface area (TPSA) is 120 Å². The van der Waals surface area contributed by atoms with Crippen molar-refractivity contribution in [3.63, 3.8) is 0 Å². The average molecular weight is 384 g/mol. The number of nitrogens with one attached hydrogen (secondary N) is 2. The summed E-state index contributed by atoms with van der Waals surface area (Å²) < 4.78 is 10.5. The second kappa shape index (κ2) is 8.06. The Labute approximate surface area is 158 Å². The number of hydrogen-bond acceptors (Lipinski definition) is 7. The van der Waals surface area contributed by atoms with E-state index < -0.39 is 10.8 Å². The van der Waals surface area contributed by atoms with Gasteiger partial charge in [-0.3, -0.25) is 20.2 Å². The largest absolute Gasteiger partial charge is 0.459 e. The zero-order valence-corrected chi connectivity index (χ0v) is 14.4. The molecule has 1 aromatic carbocycles. The minimum absolute atomic E-state index is 0.113. The lowest BCUT2D eigenvalue weighted by atomic mass is 10.3. The van der Waals surface area contributed by atoms with Crippen molar-refractivity contribution >= 4 is 34.6 Å². The molecule has 0 saturated heterocycles. The number of carbonyl (C=O) groups excluding carboxylic acids is 1. The minimum Gasteiger partial charge on any atom is -0.459 e. The summed E-state index contributed by atoms with van der Waals surface area (Å²) in [6.45, 7) is 0. The fourth-order valence-electron chi connectivity index (χ4n) is 2.00. The number of nitro groups is 1. The molecule has 3 aromatic rings. The predicted molar refractivity (Wildman–Crippen MR) is 99.8 cm³/mol. The van der Waals surface area contributed by atoms with E-state index in [1.54, 1.807) is 30.3 Å². The van der Waals surface area contributed by atoms with Crippen molar-refractivity contribution in [1.82, 2.24) is 10.3 Å². The quantitative estimate of drug-likeness (QED) is 0.390. The second-order valence-corrected chi connectivity index (χ2v) is 5.53.